The fraction of sp³-hybridized carbons (Fsp3) is 0.0870. The summed E-state index contributed by atoms with van der Waals surface area (Å²) in [4.78, 5) is 12.5. The van der Waals surface area contributed by atoms with E-state index >= 15 is 0 Å². The quantitative estimate of drug-likeness (QED) is 0.499. The van der Waals surface area contributed by atoms with Gasteiger partial charge >= 0.3 is 0 Å². The van der Waals surface area contributed by atoms with Gasteiger partial charge in [-0.05, 0) is 41.5 Å². The molecule has 0 unspecified atom stereocenters. The molecule has 0 fully saturated rings. The van der Waals surface area contributed by atoms with E-state index < -0.39 is 5.75 Å². The maximum Gasteiger partial charge on any atom is 0.232 e. The van der Waals surface area contributed by atoms with Gasteiger partial charge in [0.1, 0.15) is 6.61 Å². The SMILES string of the molecule is COc1cc(/C=C2\Oc3c(ccc(O)c3O)C2=O)ccc1OCc1ccccc1. The van der Waals surface area contributed by atoms with Crippen LogP contribution in [0.4, 0.5) is 0 Å². The van der Waals surface area contributed by atoms with Gasteiger partial charge in [-0.1, -0.05) is 36.4 Å². The Morgan fingerprint density at radius 2 is 1.79 bits per heavy atom. The molecule has 1 aliphatic rings. The van der Waals surface area contributed by atoms with Gasteiger partial charge in [-0.25, -0.2) is 0 Å². The topological polar surface area (TPSA) is 85.2 Å². The number of carbonyl (C=O) groups excluding carboxylic acids is 1. The van der Waals surface area contributed by atoms with E-state index in [1.54, 1.807) is 24.3 Å². The van der Waals surface area contributed by atoms with Crippen LogP contribution in [0.3, 0.4) is 0 Å². The molecule has 1 heterocycles. The van der Waals surface area contributed by atoms with Crippen LogP contribution in [-0.4, -0.2) is 23.1 Å². The number of hydrogen-bond donors (Lipinski definition) is 2. The van der Waals surface area contributed by atoms with Gasteiger partial charge in [0, 0.05) is 0 Å². The minimum absolute atomic E-state index is 0.0425. The van der Waals surface area contributed by atoms with Crippen LogP contribution in [0.15, 0.2) is 66.4 Å². The lowest BCUT2D eigenvalue weighted by Crippen LogP contribution is -1.99. The van der Waals surface area contributed by atoms with Crippen LogP contribution in [0.2, 0.25) is 0 Å². The molecule has 4 rings (SSSR count). The summed E-state index contributed by atoms with van der Waals surface area (Å²) in [6.45, 7) is 0.400. The lowest BCUT2D eigenvalue weighted by molar-refractivity contribution is 0.101. The molecule has 6 heteroatoms. The summed E-state index contributed by atoms with van der Waals surface area (Å²) in [6.07, 6.45) is 1.54. The Morgan fingerprint density at radius 1 is 1.00 bits per heavy atom. The molecule has 146 valence electrons. The molecule has 0 aliphatic carbocycles. The number of aromatic hydroxyl groups is 2. The number of allylic oxidation sites excluding steroid dienone is 1. The number of carbonyl (C=O) groups is 1. The number of rotatable bonds is 5. The van der Waals surface area contributed by atoms with Crippen molar-refractivity contribution in [3.8, 4) is 28.7 Å². The normalized spacial score (nSPS) is 13.8. The van der Waals surface area contributed by atoms with Crippen LogP contribution >= 0.6 is 0 Å². The zero-order chi connectivity index (χ0) is 20.4. The second kappa shape index (κ2) is 7.59. The Kier molecular flexibility index (Phi) is 4.83. The molecule has 29 heavy (non-hydrogen) atoms. The summed E-state index contributed by atoms with van der Waals surface area (Å²) >= 11 is 0. The number of fused-ring (bicyclic) bond motifs is 1. The number of phenolic OH excluding ortho intramolecular Hbond substituents is 2. The van der Waals surface area contributed by atoms with Crippen molar-refractivity contribution in [2.75, 3.05) is 7.11 Å². The van der Waals surface area contributed by atoms with E-state index in [2.05, 4.69) is 0 Å². The van der Waals surface area contributed by atoms with Gasteiger partial charge < -0.3 is 24.4 Å². The number of Topliss-reactive ketones (excluding diaryl/α,β-unsaturated/α-hetero) is 1. The summed E-state index contributed by atoms with van der Waals surface area (Å²) < 4.78 is 16.7. The highest BCUT2D eigenvalue weighted by Gasteiger charge is 2.31. The number of phenols is 2. The standard InChI is InChI=1S/C23H18O6/c1-27-19-11-15(7-10-18(19)28-13-14-5-3-2-4-6-14)12-20-21(25)16-8-9-17(24)22(26)23(16)29-20/h2-12,24,26H,13H2,1H3/b20-12-. The van der Waals surface area contributed by atoms with E-state index in [0.717, 1.165) is 5.56 Å². The van der Waals surface area contributed by atoms with Crippen LogP contribution in [0.1, 0.15) is 21.5 Å². The van der Waals surface area contributed by atoms with Crippen molar-refractivity contribution in [2.24, 2.45) is 0 Å². The predicted octanol–water partition coefficient (Wildman–Crippen LogP) is 4.30. The third-order valence-electron chi connectivity index (χ3n) is 4.51. The minimum atomic E-state index is -0.457. The number of ether oxygens (including phenoxy) is 3. The van der Waals surface area contributed by atoms with Gasteiger partial charge in [0.2, 0.25) is 11.5 Å². The highest BCUT2D eigenvalue weighted by atomic mass is 16.5. The second-order valence-electron chi connectivity index (χ2n) is 6.43. The monoisotopic (exact) mass is 390 g/mol. The smallest absolute Gasteiger partial charge is 0.232 e. The van der Waals surface area contributed by atoms with Crippen molar-refractivity contribution < 1.29 is 29.2 Å². The lowest BCUT2D eigenvalue weighted by atomic mass is 10.1. The third-order valence-corrected chi connectivity index (χ3v) is 4.51. The van der Waals surface area contributed by atoms with Gasteiger partial charge in [0.15, 0.2) is 28.8 Å². The Bertz CT molecular complexity index is 1100. The van der Waals surface area contributed by atoms with E-state index in [1.165, 1.54) is 19.2 Å². The molecule has 0 bridgehead atoms. The highest BCUT2D eigenvalue weighted by Crippen LogP contribution is 2.44. The first-order valence-electron chi connectivity index (χ1n) is 8.91. The zero-order valence-corrected chi connectivity index (χ0v) is 15.6. The number of methoxy groups -OCH3 is 1. The molecule has 0 radical (unpaired) electrons. The molecular weight excluding hydrogens is 372 g/mol. The Balaban J connectivity index is 1.57. The van der Waals surface area contributed by atoms with Crippen LogP contribution in [-0.2, 0) is 6.61 Å². The van der Waals surface area contributed by atoms with E-state index in [9.17, 15) is 15.0 Å². The molecule has 6 nitrogen and oxygen atoms in total. The number of hydrogen-bond acceptors (Lipinski definition) is 6. The molecule has 3 aromatic carbocycles. The first kappa shape index (κ1) is 18.4. The third kappa shape index (κ3) is 3.60. The Hall–Kier alpha value is -3.93. The molecular formula is C23H18O6. The summed E-state index contributed by atoms with van der Waals surface area (Å²) in [5.41, 5.74) is 1.89. The van der Waals surface area contributed by atoms with Crippen LogP contribution < -0.4 is 14.2 Å². The minimum Gasteiger partial charge on any atom is -0.504 e. The lowest BCUT2D eigenvalue weighted by Gasteiger charge is -2.11. The molecule has 0 atom stereocenters. The van der Waals surface area contributed by atoms with Gasteiger partial charge in [-0.15, -0.1) is 0 Å². The average molecular weight is 390 g/mol. The van der Waals surface area contributed by atoms with E-state index in [0.29, 0.717) is 23.7 Å². The van der Waals surface area contributed by atoms with E-state index in [-0.39, 0.29) is 28.6 Å². The fourth-order valence-corrected chi connectivity index (χ4v) is 3.01. The molecule has 0 saturated heterocycles. The maximum atomic E-state index is 12.5. The Morgan fingerprint density at radius 3 is 2.55 bits per heavy atom. The summed E-state index contributed by atoms with van der Waals surface area (Å²) in [7, 11) is 1.54. The largest absolute Gasteiger partial charge is 0.504 e. The molecule has 0 spiro atoms. The van der Waals surface area contributed by atoms with Crippen molar-refractivity contribution in [1.82, 2.24) is 0 Å². The van der Waals surface area contributed by atoms with Gasteiger partial charge in [0.05, 0.1) is 12.7 Å². The van der Waals surface area contributed by atoms with Gasteiger partial charge in [0.25, 0.3) is 0 Å². The zero-order valence-electron chi connectivity index (χ0n) is 15.6. The fourth-order valence-electron chi connectivity index (χ4n) is 3.01. The Labute approximate surface area is 167 Å². The van der Waals surface area contributed by atoms with Gasteiger partial charge in [-0.3, -0.25) is 4.79 Å². The summed E-state index contributed by atoms with van der Waals surface area (Å²) in [6, 6.07) is 17.7. The van der Waals surface area contributed by atoms with Crippen molar-refractivity contribution in [3.63, 3.8) is 0 Å². The first-order valence-corrected chi connectivity index (χ1v) is 8.91. The molecule has 3 aromatic rings. The van der Waals surface area contributed by atoms with Crippen molar-refractivity contribution in [1.29, 1.82) is 0 Å². The molecule has 0 saturated carbocycles. The summed E-state index contributed by atoms with van der Waals surface area (Å²) in [5, 5.41) is 19.5. The van der Waals surface area contributed by atoms with Crippen LogP contribution in [0, 0.1) is 0 Å². The molecule has 0 aromatic heterocycles. The molecule has 0 amide bonds. The predicted molar refractivity (Wildman–Crippen MR) is 106 cm³/mol. The summed E-state index contributed by atoms with van der Waals surface area (Å²) in [5.74, 6) is -0.0989. The van der Waals surface area contributed by atoms with Crippen molar-refractivity contribution in [2.45, 2.75) is 6.61 Å². The number of benzene rings is 3. The average Bonchev–Trinajstić information content (AvgIpc) is 3.06. The van der Waals surface area contributed by atoms with Crippen molar-refractivity contribution in [3.05, 3.63) is 83.1 Å². The molecule has 1 aliphatic heterocycles. The van der Waals surface area contributed by atoms with Crippen LogP contribution in [0.25, 0.3) is 6.08 Å². The van der Waals surface area contributed by atoms with Crippen molar-refractivity contribution >= 4 is 11.9 Å². The second-order valence-corrected chi connectivity index (χ2v) is 6.43. The maximum absolute atomic E-state index is 12.5. The first-order chi connectivity index (χ1) is 14.1. The van der Waals surface area contributed by atoms with Crippen LogP contribution in [0.5, 0.6) is 28.7 Å². The van der Waals surface area contributed by atoms with E-state index in [1.807, 2.05) is 30.3 Å². The number of ketones is 1. The molecule has 2 N–H and O–H groups in total. The van der Waals surface area contributed by atoms with E-state index in [4.69, 9.17) is 14.2 Å². The van der Waals surface area contributed by atoms with Gasteiger partial charge in [-0.2, -0.15) is 0 Å². The highest BCUT2D eigenvalue weighted by molar-refractivity contribution is 6.15.